The molecule has 0 unspecified atom stereocenters. The number of nitrogens with one attached hydrogen (secondary N) is 1. The van der Waals surface area contributed by atoms with Crippen molar-refractivity contribution in [3.05, 3.63) is 72.6 Å². The lowest BCUT2D eigenvalue weighted by Crippen LogP contribution is -2.28. The number of aryl methyl sites for hydroxylation is 1. The fourth-order valence-corrected chi connectivity index (χ4v) is 5.44. The number of nitrogens with two attached hydrogens (primary N) is 1. The van der Waals surface area contributed by atoms with Gasteiger partial charge in [-0.15, -0.1) is 0 Å². The van der Waals surface area contributed by atoms with Crippen molar-refractivity contribution in [3.8, 4) is 0 Å². The van der Waals surface area contributed by atoms with E-state index in [1.54, 1.807) is 12.1 Å². The van der Waals surface area contributed by atoms with Gasteiger partial charge < -0.3 is 10.3 Å². The van der Waals surface area contributed by atoms with E-state index in [0.717, 1.165) is 52.3 Å². The van der Waals surface area contributed by atoms with Crippen molar-refractivity contribution in [2.24, 2.45) is 0 Å². The van der Waals surface area contributed by atoms with Crippen LogP contribution in [0.25, 0.3) is 32.7 Å². The molecule has 174 valence electrons. The van der Waals surface area contributed by atoms with E-state index in [0.29, 0.717) is 17.9 Å². The first-order valence-electron chi connectivity index (χ1n) is 11.5. The van der Waals surface area contributed by atoms with Crippen LogP contribution in [0.1, 0.15) is 25.6 Å². The lowest BCUT2D eigenvalue weighted by Gasteiger charge is -2.12. The molecule has 34 heavy (non-hydrogen) atoms. The van der Waals surface area contributed by atoms with Crippen LogP contribution in [0.2, 0.25) is 0 Å². The Morgan fingerprint density at radius 3 is 2.56 bits per heavy atom. The van der Waals surface area contributed by atoms with Gasteiger partial charge in [0, 0.05) is 24.9 Å². The highest BCUT2D eigenvalue weighted by atomic mass is 32.2. The highest BCUT2D eigenvalue weighted by molar-refractivity contribution is 7.89. The number of aromatic nitrogens is 3. The number of sulfonamides is 1. The van der Waals surface area contributed by atoms with Crippen LogP contribution in [-0.4, -0.2) is 29.5 Å². The normalized spacial score (nSPS) is 12.1. The van der Waals surface area contributed by atoms with Gasteiger partial charge in [-0.25, -0.2) is 23.1 Å². The Labute approximate surface area is 198 Å². The molecular weight excluding hydrogens is 446 g/mol. The van der Waals surface area contributed by atoms with E-state index in [1.807, 2.05) is 54.6 Å². The van der Waals surface area contributed by atoms with Crippen LogP contribution in [0.5, 0.6) is 0 Å². The first-order chi connectivity index (χ1) is 16.5. The number of hydrogen-bond donors (Lipinski definition) is 2. The molecule has 0 spiro atoms. The summed E-state index contributed by atoms with van der Waals surface area (Å²) in [6.07, 6.45) is 2.81. The highest BCUT2D eigenvalue weighted by Gasteiger charge is 2.19. The molecule has 3 aromatic carbocycles. The summed E-state index contributed by atoms with van der Waals surface area (Å²) in [5.41, 5.74) is 8.62. The van der Waals surface area contributed by atoms with E-state index in [9.17, 15) is 8.42 Å². The van der Waals surface area contributed by atoms with E-state index < -0.39 is 10.0 Å². The third-order valence-electron chi connectivity index (χ3n) is 6.10. The summed E-state index contributed by atoms with van der Waals surface area (Å²) in [5.74, 6) is 1.29. The van der Waals surface area contributed by atoms with Crippen LogP contribution in [-0.2, 0) is 23.0 Å². The summed E-state index contributed by atoms with van der Waals surface area (Å²) in [7, 11) is -3.66. The molecule has 0 aliphatic rings. The Morgan fingerprint density at radius 1 is 0.971 bits per heavy atom. The zero-order valence-electron chi connectivity index (χ0n) is 19.0. The molecule has 0 saturated heterocycles. The van der Waals surface area contributed by atoms with Crippen molar-refractivity contribution < 1.29 is 8.42 Å². The predicted octanol–water partition coefficient (Wildman–Crippen LogP) is 4.64. The quantitative estimate of drug-likeness (QED) is 0.342. The minimum Gasteiger partial charge on any atom is -0.382 e. The van der Waals surface area contributed by atoms with Crippen molar-refractivity contribution >= 4 is 48.5 Å². The summed E-state index contributed by atoms with van der Waals surface area (Å²) in [6.45, 7) is 2.81. The second-order valence-corrected chi connectivity index (χ2v) is 10.2. The SMILES string of the molecule is CCCCc1nc2c(N)nc3ccccc3c2n1CCNS(=O)(=O)c1ccc2ccccc2c1. The summed E-state index contributed by atoms with van der Waals surface area (Å²) >= 11 is 0. The van der Waals surface area contributed by atoms with E-state index >= 15 is 0 Å². The van der Waals surface area contributed by atoms with E-state index in [-0.39, 0.29) is 11.4 Å². The molecule has 8 heteroatoms. The monoisotopic (exact) mass is 473 g/mol. The van der Waals surface area contributed by atoms with E-state index in [1.165, 1.54) is 0 Å². The maximum Gasteiger partial charge on any atom is 0.240 e. The molecule has 0 aliphatic heterocycles. The Hall–Kier alpha value is -3.49. The molecule has 0 saturated carbocycles. The topological polar surface area (TPSA) is 103 Å². The number of fused-ring (bicyclic) bond motifs is 4. The van der Waals surface area contributed by atoms with Crippen molar-refractivity contribution in [2.45, 2.75) is 37.6 Å². The van der Waals surface area contributed by atoms with Crippen LogP contribution in [0.3, 0.4) is 0 Å². The third-order valence-corrected chi connectivity index (χ3v) is 7.56. The molecule has 0 bridgehead atoms. The Bertz CT molecular complexity index is 1610. The minimum atomic E-state index is -3.66. The smallest absolute Gasteiger partial charge is 0.240 e. The number of rotatable bonds is 8. The predicted molar refractivity (Wildman–Crippen MR) is 137 cm³/mol. The van der Waals surface area contributed by atoms with Gasteiger partial charge in [0.05, 0.1) is 15.9 Å². The molecule has 5 aromatic rings. The molecule has 0 atom stereocenters. The van der Waals surface area contributed by atoms with Crippen molar-refractivity contribution in [3.63, 3.8) is 0 Å². The van der Waals surface area contributed by atoms with Crippen molar-refractivity contribution in [2.75, 3.05) is 12.3 Å². The fraction of sp³-hybridized carbons (Fsp3) is 0.231. The number of unbranched alkanes of at least 4 members (excludes halogenated alkanes) is 1. The number of imidazole rings is 1. The van der Waals surface area contributed by atoms with Gasteiger partial charge in [-0.05, 0) is 35.4 Å². The number of anilines is 1. The largest absolute Gasteiger partial charge is 0.382 e. The molecule has 0 fully saturated rings. The second kappa shape index (κ2) is 9.04. The zero-order valence-corrected chi connectivity index (χ0v) is 19.8. The number of nitrogen functional groups attached to an aromatic ring is 1. The van der Waals surface area contributed by atoms with Gasteiger partial charge in [-0.3, -0.25) is 0 Å². The van der Waals surface area contributed by atoms with Gasteiger partial charge in [-0.2, -0.15) is 0 Å². The molecule has 0 amide bonds. The maximum atomic E-state index is 13.0. The first kappa shape index (κ1) is 22.3. The lowest BCUT2D eigenvalue weighted by atomic mass is 10.1. The Morgan fingerprint density at radius 2 is 1.74 bits per heavy atom. The summed E-state index contributed by atoms with van der Waals surface area (Å²) < 4.78 is 30.9. The highest BCUT2D eigenvalue weighted by Crippen LogP contribution is 2.29. The van der Waals surface area contributed by atoms with Crippen molar-refractivity contribution in [1.29, 1.82) is 0 Å². The van der Waals surface area contributed by atoms with Crippen LogP contribution in [0.15, 0.2) is 71.6 Å². The Balaban J connectivity index is 1.47. The summed E-state index contributed by atoms with van der Waals surface area (Å²) in [5, 5.41) is 2.85. The minimum absolute atomic E-state index is 0.232. The molecular formula is C26H27N5O2S. The molecule has 2 aromatic heterocycles. The van der Waals surface area contributed by atoms with Crippen LogP contribution < -0.4 is 10.5 Å². The first-order valence-corrected chi connectivity index (χ1v) is 13.0. The number of para-hydroxylation sites is 1. The molecule has 7 nitrogen and oxygen atoms in total. The third kappa shape index (κ3) is 4.10. The van der Waals surface area contributed by atoms with E-state index in [4.69, 9.17) is 10.7 Å². The lowest BCUT2D eigenvalue weighted by molar-refractivity contribution is 0.570. The summed E-state index contributed by atoms with van der Waals surface area (Å²) in [4.78, 5) is 9.57. The van der Waals surface area contributed by atoms with Gasteiger partial charge in [-0.1, -0.05) is 61.9 Å². The fourth-order valence-electron chi connectivity index (χ4n) is 4.38. The van der Waals surface area contributed by atoms with Crippen LogP contribution in [0, 0.1) is 0 Å². The number of hydrogen-bond acceptors (Lipinski definition) is 5. The summed E-state index contributed by atoms with van der Waals surface area (Å²) in [6, 6.07) is 20.7. The van der Waals surface area contributed by atoms with Crippen LogP contribution >= 0.6 is 0 Å². The molecule has 5 rings (SSSR count). The number of benzene rings is 3. The van der Waals surface area contributed by atoms with Gasteiger partial charge in [0.25, 0.3) is 0 Å². The average molecular weight is 474 g/mol. The van der Waals surface area contributed by atoms with Gasteiger partial charge in [0.15, 0.2) is 5.82 Å². The van der Waals surface area contributed by atoms with Crippen LogP contribution in [0.4, 0.5) is 5.82 Å². The standard InChI is InChI=1S/C26H27N5O2S/c1-2-3-12-23-30-24-25(21-10-6-7-11-22(21)29-26(24)27)31(23)16-15-28-34(32,33)20-14-13-18-8-4-5-9-19(18)17-20/h4-11,13-14,17,28H,2-3,12,15-16H2,1H3,(H2,27,29). The average Bonchev–Trinajstić information content (AvgIpc) is 3.21. The number of nitrogens with zero attached hydrogens (tertiary/aromatic N) is 3. The molecule has 0 radical (unpaired) electrons. The van der Waals surface area contributed by atoms with Gasteiger partial charge in [0.2, 0.25) is 10.0 Å². The molecule has 0 aliphatic carbocycles. The maximum absolute atomic E-state index is 13.0. The van der Waals surface area contributed by atoms with Gasteiger partial charge >= 0.3 is 0 Å². The Kier molecular flexibility index (Phi) is 5.93. The molecule has 3 N–H and O–H groups in total. The van der Waals surface area contributed by atoms with Crippen molar-refractivity contribution in [1.82, 2.24) is 19.3 Å². The zero-order chi connectivity index (χ0) is 23.7. The van der Waals surface area contributed by atoms with Gasteiger partial charge in [0.1, 0.15) is 11.3 Å². The second-order valence-electron chi connectivity index (χ2n) is 8.40. The van der Waals surface area contributed by atoms with E-state index in [2.05, 4.69) is 21.2 Å². The number of pyridine rings is 1. The molecule has 2 heterocycles.